The molecule has 0 bridgehead atoms. The first kappa shape index (κ1) is 15.7. The maximum Gasteiger partial charge on any atom is 0.320 e. The zero-order chi connectivity index (χ0) is 16.4. The second-order valence-electron chi connectivity index (χ2n) is 5.69. The number of aryl methyl sites for hydroxylation is 1. The number of hydrogen-bond acceptors (Lipinski definition) is 4. The molecule has 0 aliphatic carbocycles. The third-order valence-corrected chi connectivity index (χ3v) is 5.23. The maximum atomic E-state index is 12.4. The Morgan fingerprint density at radius 1 is 1.30 bits per heavy atom. The zero-order valence-electron chi connectivity index (χ0n) is 12.7. The molecular weight excluding hydrogens is 312 g/mol. The van der Waals surface area contributed by atoms with E-state index in [0.29, 0.717) is 17.8 Å². The van der Waals surface area contributed by atoms with E-state index < -0.39 is 12.0 Å². The Hall–Kier alpha value is -2.18. The third-order valence-electron chi connectivity index (χ3n) is 3.94. The van der Waals surface area contributed by atoms with Crippen LogP contribution in [0.3, 0.4) is 0 Å². The van der Waals surface area contributed by atoms with Gasteiger partial charge in [-0.15, -0.1) is 11.3 Å². The zero-order valence-corrected chi connectivity index (χ0v) is 13.5. The summed E-state index contributed by atoms with van der Waals surface area (Å²) in [4.78, 5) is 25.1. The van der Waals surface area contributed by atoms with Crippen molar-refractivity contribution in [1.82, 2.24) is 10.6 Å². The number of nitrogens with one attached hydrogen (secondary N) is 2. The lowest BCUT2D eigenvalue weighted by molar-refractivity contribution is -0.139. The monoisotopic (exact) mass is 330 g/mol. The van der Waals surface area contributed by atoms with Crippen LogP contribution in [0.1, 0.15) is 21.7 Å². The number of aliphatic carboxylic acids is 1. The minimum Gasteiger partial charge on any atom is -0.480 e. The molecule has 1 aliphatic rings. The van der Waals surface area contributed by atoms with Crippen LogP contribution in [0, 0.1) is 6.92 Å². The Kier molecular flexibility index (Phi) is 4.45. The van der Waals surface area contributed by atoms with Gasteiger partial charge in [0.05, 0.1) is 4.88 Å². The average Bonchev–Trinajstić information content (AvgIpc) is 3.15. The Bertz CT molecular complexity index is 727. The van der Waals surface area contributed by atoms with Crippen LogP contribution in [0.2, 0.25) is 0 Å². The molecule has 1 aromatic heterocycles. The molecule has 3 rings (SSSR count). The lowest BCUT2D eigenvalue weighted by Gasteiger charge is -2.10. The molecule has 6 heteroatoms. The normalized spacial score (nSPS) is 20.4. The lowest BCUT2D eigenvalue weighted by atomic mass is 10.1. The van der Waals surface area contributed by atoms with E-state index in [2.05, 4.69) is 10.6 Å². The number of rotatable bonds is 4. The van der Waals surface area contributed by atoms with Crippen LogP contribution in [0.15, 0.2) is 36.4 Å². The molecule has 1 amide bonds. The van der Waals surface area contributed by atoms with Gasteiger partial charge < -0.3 is 15.7 Å². The number of carbonyl (C=O) groups excluding carboxylic acids is 1. The third kappa shape index (κ3) is 3.43. The molecule has 2 heterocycles. The Balaban J connectivity index is 1.71. The van der Waals surface area contributed by atoms with E-state index in [9.17, 15) is 9.59 Å². The number of carbonyl (C=O) groups is 2. The van der Waals surface area contributed by atoms with Crippen molar-refractivity contribution in [1.29, 1.82) is 0 Å². The van der Waals surface area contributed by atoms with E-state index in [0.717, 1.165) is 16.0 Å². The molecule has 0 unspecified atom stereocenters. The molecule has 1 aromatic carbocycles. The lowest BCUT2D eigenvalue weighted by Crippen LogP contribution is -2.35. The van der Waals surface area contributed by atoms with Gasteiger partial charge in [-0.05, 0) is 30.5 Å². The van der Waals surface area contributed by atoms with Gasteiger partial charge in [-0.1, -0.05) is 30.3 Å². The first-order valence-electron chi connectivity index (χ1n) is 7.47. The molecule has 120 valence electrons. The van der Waals surface area contributed by atoms with Crippen LogP contribution in [0.5, 0.6) is 0 Å². The van der Waals surface area contributed by atoms with Crippen molar-refractivity contribution >= 4 is 23.2 Å². The summed E-state index contributed by atoms with van der Waals surface area (Å²) < 4.78 is 0. The summed E-state index contributed by atoms with van der Waals surface area (Å²) in [5.41, 5.74) is 2.17. The number of carboxylic acids is 1. The number of carboxylic acid groups (broad SMARTS) is 1. The molecule has 0 radical (unpaired) electrons. The molecule has 1 fully saturated rings. The molecule has 0 spiro atoms. The van der Waals surface area contributed by atoms with Crippen molar-refractivity contribution in [3.05, 3.63) is 46.8 Å². The van der Waals surface area contributed by atoms with Crippen LogP contribution in [-0.2, 0) is 4.79 Å². The van der Waals surface area contributed by atoms with Gasteiger partial charge in [-0.3, -0.25) is 9.59 Å². The van der Waals surface area contributed by atoms with Crippen molar-refractivity contribution in [2.75, 3.05) is 6.54 Å². The van der Waals surface area contributed by atoms with Gasteiger partial charge in [0.1, 0.15) is 6.04 Å². The molecule has 3 N–H and O–H groups in total. The van der Waals surface area contributed by atoms with Gasteiger partial charge in [0.2, 0.25) is 0 Å². The SMILES string of the molecule is Cc1cc(C(=O)N[C@@H]2CN[C@H](C(=O)O)C2)sc1-c1ccccc1. The topological polar surface area (TPSA) is 78.4 Å². The van der Waals surface area contributed by atoms with Crippen molar-refractivity contribution < 1.29 is 14.7 Å². The van der Waals surface area contributed by atoms with Gasteiger partial charge in [0.15, 0.2) is 0 Å². The second kappa shape index (κ2) is 6.52. The minimum atomic E-state index is -0.875. The van der Waals surface area contributed by atoms with Gasteiger partial charge in [-0.2, -0.15) is 0 Å². The predicted octanol–water partition coefficient (Wildman–Crippen LogP) is 2.27. The summed E-state index contributed by atoms with van der Waals surface area (Å²) in [6.45, 7) is 2.48. The van der Waals surface area contributed by atoms with Crippen LogP contribution in [0.25, 0.3) is 10.4 Å². The fourth-order valence-electron chi connectivity index (χ4n) is 2.76. The number of amides is 1. The molecule has 1 saturated heterocycles. The van der Waals surface area contributed by atoms with Crippen LogP contribution in [-0.4, -0.2) is 35.6 Å². The molecule has 2 aromatic rings. The molecule has 0 saturated carbocycles. The first-order valence-corrected chi connectivity index (χ1v) is 8.29. The number of thiophene rings is 1. The summed E-state index contributed by atoms with van der Waals surface area (Å²) in [5.74, 6) is -1.02. The van der Waals surface area contributed by atoms with Crippen molar-refractivity contribution in [2.24, 2.45) is 0 Å². The van der Waals surface area contributed by atoms with Crippen LogP contribution < -0.4 is 10.6 Å². The van der Waals surface area contributed by atoms with Crippen molar-refractivity contribution in [3.63, 3.8) is 0 Å². The van der Waals surface area contributed by atoms with E-state index >= 15 is 0 Å². The van der Waals surface area contributed by atoms with Gasteiger partial charge in [0, 0.05) is 17.5 Å². The summed E-state index contributed by atoms with van der Waals surface area (Å²) in [6, 6.07) is 11.1. The fourth-order valence-corrected chi connectivity index (χ4v) is 3.84. The van der Waals surface area contributed by atoms with Gasteiger partial charge in [0.25, 0.3) is 5.91 Å². The van der Waals surface area contributed by atoms with Crippen LogP contribution >= 0.6 is 11.3 Å². The van der Waals surface area contributed by atoms with E-state index in [1.165, 1.54) is 11.3 Å². The average molecular weight is 330 g/mol. The number of benzene rings is 1. The first-order chi connectivity index (χ1) is 11.0. The summed E-state index contributed by atoms with van der Waals surface area (Å²) in [5, 5.41) is 14.8. The minimum absolute atomic E-state index is 0.141. The summed E-state index contributed by atoms with van der Waals surface area (Å²) >= 11 is 1.46. The van der Waals surface area contributed by atoms with Crippen molar-refractivity contribution in [3.8, 4) is 10.4 Å². The van der Waals surface area contributed by atoms with E-state index in [4.69, 9.17) is 5.11 Å². The highest BCUT2D eigenvalue weighted by Gasteiger charge is 2.30. The predicted molar refractivity (Wildman–Crippen MR) is 89.8 cm³/mol. The Morgan fingerprint density at radius 2 is 2.04 bits per heavy atom. The van der Waals surface area contributed by atoms with E-state index in [1.54, 1.807) is 0 Å². The van der Waals surface area contributed by atoms with E-state index in [1.807, 2.05) is 43.3 Å². The number of hydrogen-bond donors (Lipinski definition) is 3. The van der Waals surface area contributed by atoms with E-state index in [-0.39, 0.29) is 11.9 Å². The largest absolute Gasteiger partial charge is 0.480 e. The molecule has 1 aliphatic heterocycles. The van der Waals surface area contributed by atoms with Crippen LogP contribution in [0.4, 0.5) is 0 Å². The highest BCUT2D eigenvalue weighted by Crippen LogP contribution is 2.32. The maximum absolute atomic E-state index is 12.4. The standard InChI is InChI=1S/C17H18N2O3S/c1-10-7-14(23-15(10)11-5-3-2-4-6-11)16(20)19-12-8-13(17(21)22)18-9-12/h2-7,12-13,18H,8-9H2,1H3,(H,19,20)(H,21,22)/t12-,13-/m0/s1. The highest BCUT2D eigenvalue weighted by molar-refractivity contribution is 7.17. The Labute approximate surface area is 138 Å². The molecular formula is C17H18N2O3S. The van der Waals surface area contributed by atoms with Crippen molar-refractivity contribution in [2.45, 2.75) is 25.4 Å². The van der Waals surface area contributed by atoms with Gasteiger partial charge >= 0.3 is 5.97 Å². The molecule has 5 nitrogen and oxygen atoms in total. The second-order valence-corrected chi connectivity index (χ2v) is 6.75. The quantitative estimate of drug-likeness (QED) is 0.803. The summed E-state index contributed by atoms with van der Waals surface area (Å²) in [6.07, 6.45) is 0.414. The fraction of sp³-hybridized carbons (Fsp3) is 0.294. The Morgan fingerprint density at radius 3 is 2.70 bits per heavy atom. The molecule has 23 heavy (non-hydrogen) atoms. The van der Waals surface area contributed by atoms with Gasteiger partial charge in [-0.25, -0.2) is 0 Å². The molecule has 2 atom stereocenters. The summed E-state index contributed by atoms with van der Waals surface area (Å²) in [7, 11) is 0. The smallest absolute Gasteiger partial charge is 0.320 e. The highest BCUT2D eigenvalue weighted by atomic mass is 32.1.